The largest absolute Gasteiger partial charge is 0.379 e. The van der Waals surface area contributed by atoms with Gasteiger partial charge in [0.25, 0.3) is 5.56 Å². The minimum Gasteiger partial charge on any atom is -0.379 e. The molecule has 1 fully saturated rings. The fourth-order valence-electron chi connectivity index (χ4n) is 1.60. The number of hydrogen-bond acceptors (Lipinski definition) is 3. The molecular weight excluding hydrogens is 216 g/mol. The van der Waals surface area contributed by atoms with Crippen LogP contribution in [0.15, 0.2) is 17.1 Å². The van der Waals surface area contributed by atoms with Gasteiger partial charge < -0.3 is 15.0 Å². The van der Waals surface area contributed by atoms with E-state index in [4.69, 9.17) is 16.3 Å². The van der Waals surface area contributed by atoms with Gasteiger partial charge in [0.15, 0.2) is 0 Å². The van der Waals surface area contributed by atoms with Crippen LogP contribution < -0.4 is 10.9 Å². The molecule has 2 rings (SSSR count). The van der Waals surface area contributed by atoms with Gasteiger partial charge in [0.2, 0.25) is 0 Å². The number of pyridine rings is 1. The number of aromatic nitrogens is 1. The van der Waals surface area contributed by atoms with E-state index in [-0.39, 0.29) is 16.6 Å². The standard InChI is InChI=1S/C10H13ClN2O2/c11-8-4-7(5-13-10(8)14)9-6-15-3-1-2-12-9/h4-5,9,12H,1-3,6H2,(H,13,14). The zero-order valence-electron chi connectivity index (χ0n) is 8.25. The molecule has 2 N–H and O–H groups in total. The van der Waals surface area contributed by atoms with E-state index in [9.17, 15) is 4.79 Å². The lowest BCUT2D eigenvalue weighted by Crippen LogP contribution is -2.24. The number of ether oxygens (including phenoxy) is 1. The maximum atomic E-state index is 11.1. The molecule has 4 nitrogen and oxygen atoms in total. The van der Waals surface area contributed by atoms with Gasteiger partial charge in [0.05, 0.1) is 12.6 Å². The highest BCUT2D eigenvalue weighted by Crippen LogP contribution is 2.16. The first kappa shape index (κ1) is 10.7. The summed E-state index contributed by atoms with van der Waals surface area (Å²) in [6, 6.07) is 1.80. The van der Waals surface area contributed by atoms with Crippen molar-refractivity contribution >= 4 is 11.6 Å². The Labute approximate surface area is 92.6 Å². The second-order valence-corrected chi connectivity index (χ2v) is 3.95. The summed E-state index contributed by atoms with van der Waals surface area (Å²) in [4.78, 5) is 13.7. The number of halogens is 1. The average molecular weight is 229 g/mol. The maximum absolute atomic E-state index is 11.1. The van der Waals surface area contributed by atoms with Gasteiger partial charge in [-0.1, -0.05) is 11.6 Å². The molecule has 1 saturated heterocycles. The third kappa shape index (κ3) is 2.59. The molecule has 1 aliphatic heterocycles. The number of H-pyrrole nitrogens is 1. The molecule has 0 amide bonds. The minimum atomic E-state index is -0.255. The Balaban J connectivity index is 2.20. The van der Waals surface area contributed by atoms with E-state index in [0.717, 1.165) is 25.1 Å². The molecule has 0 radical (unpaired) electrons. The van der Waals surface area contributed by atoms with Crippen LogP contribution >= 0.6 is 11.6 Å². The molecule has 1 atom stereocenters. The molecule has 1 aromatic heterocycles. The van der Waals surface area contributed by atoms with E-state index in [1.165, 1.54) is 0 Å². The number of aromatic amines is 1. The van der Waals surface area contributed by atoms with Crippen molar-refractivity contribution in [3.8, 4) is 0 Å². The Morgan fingerprint density at radius 1 is 1.53 bits per heavy atom. The number of hydrogen-bond donors (Lipinski definition) is 2. The summed E-state index contributed by atoms with van der Waals surface area (Å²) in [5.41, 5.74) is 0.705. The smallest absolute Gasteiger partial charge is 0.266 e. The van der Waals surface area contributed by atoms with E-state index < -0.39 is 0 Å². The van der Waals surface area contributed by atoms with Gasteiger partial charge in [-0.25, -0.2) is 0 Å². The van der Waals surface area contributed by atoms with Gasteiger partial charge in [-0.15, -0.1) is 0 Å². The predicted octanol–water partition coefficient (Wildman–Crippen LogP) is 1.08. The number of rotatable bonds is 1. The van der Waals surface area contributed by atoms with Gasteiger partial charge in [0, 0.05) is 12.8 Å². The van der Waals surface area contributed by atoms with Gasteiger partial charge in [0.1, 0.15) is 5.02 Å². The Hall–Kier alpha value is -0.840. The van der Waals surface area contributed by atoms with Gasteiger partial charge in [-0.3, -0.25) is 4.79 Å². The topological polar surface area (TPSA) is 54.1 Å². The highest BCUT2D eigenvalue weighted by atomic mass is 35.5. The van der Waals surface area contributed by atoms with Gasteiger partial charge in [-0.05, 0) is 24.6 Å². The lowest BCUT2D eigenvalue weighted by Gasteiger charge is -2.15. The first-order valence-corrected chi connectivity index (χ1v) is 5.34. The lowest BCUT2D eigenvalue weighted by atomic mass is 10.1. The minimum absolute atomic E-state index is 0.113. The second-order valence-electron chi connectivity index (χ2n) is 3.55. The first-order chi connectivity index (χ1) is 7.27. The van der Waals surface area contributed by atoms with E-state index in [0.29, 0.717) is 6.61 Å². The van der Waals surface area contributed by atoms with Crippen LogP contribution in [0.1, 0.15) is 18.0 Å². The fraction of sp³-hybridized carbons (Fsp3) is 0.500. The quantitative estimate of drug-likeness (QED) is 0.756. The van der Waals surface area contributed by atoms with Crippen LogP contribution in [0.3, 0.4) is 0 Å². The van der Waals surface area contributed by atoms with Crippen molar-refractivity contribution in [3.63, 3.8) is 0 Å². The SMILES string of the molecule is O=c1[nH]cc(C2COCCCN2)cc1Cl. The van der Waals surface area contributed by atoms with Crippen molar-refractivity contribution in [2.24, 2.45) is 0 Å². The Kier molecular flexibility index (Phi) is 3.41. The zero-order valence-corrected chi connectivity index (χ0v) is 9.01. The summed E-state index contributed by atoms with van der Waals surface area (Å²) in [5.74, 6) is 0. The van der Waals surface area contributed by atoms with Crippen molar-refractivity contribution in [2.75, 3.05) is 19.8 Å². The summed E-state index contributed by atoms with van der Waals surface area (Å²) in [6.45, 7) is 2.31. The normalized spacial score (nSPS) is 22.3. The van der Waals surface area contributed by atoms with E-state index in [2.05, 4.69) is 10.3 Å². The molecule has 5 heteroatoms. The molecular formula is C10H13ClN2O2. The summed E-state index contributed by atoms with van der Waals surface area (Å²) in [5, 5.41) is 3.56. The van der Waals surface area contributed by atoms with Crippen LogP contribution in [0.5, 0.6) is 0 Å². The molecule has 15 heavy (non-hydrogen) atoms. The molecule has 2 heterocycles. The average Bonchev–Trinajstić information content (AvgIpc) is 2.50. The Bertz CT molecular complexity index is 383. The zero-order chi connectivity index (χ0) is 10.7. The van der Waals surface area contributed by atoms with E-state index in [1.807, 2.05) is 0 Å². The summed E-state index contributed by atoms with van der Waals surface area (Å²) in [7, 11) is 0. The summed E-state index contributed by atoms with van der Waals surface area (Å²) < 4.78 is 5.43. The Morgan fingerprint density at radius 3 is 3.20 bits per heavy atom. The van der Waals surface area contributed by atoms with Crippen LogP contribution in [0, 0.1) is 0 Å². The van der Waals surface area contributed by atoms with Crippen LogP contribution in [-0.4, -0.2) is 24.7 Å². The van der Waals surface area contributed by atoms with Crippen molar-refractivity contribution < 1.29 is 4.74 Å². The van der Waals surface area contributed by atoms with E-state index in [1.54, 1.807) is 12.3 Å². The fourth-order valence-corrected chi connectivity index (χ4v) is 1.78. The molecule has 82 valence electrons. The third-order valence-corrected chi connectivity index (χ3v) is 2.70. The van der Waals surface area contributed by atoms with Crippen molar-refractivity contribution in [2.45, 2.75) is 12.5 Å². The Morgan fingerprint density at radius 2 is 2.40 bits per heavy atom. The lowest BCUT2D eigenvalue weighted by molar-refractivity contribution is 0.131. The van der Waals surface area contributed by atoms with E-state index >= 15 is 0 Å². The van der Waals surface area contributed by atoms with Crippen LogP contribution in [0.25, 0.3) is 0 Å². The molecule has 0 spiro atoms. The van der Waals surface area contributed by atoms with Crippen molar-refractivity contribution in [1.29, 1.82) is 0 Å². The molecule has 0 saturated carbocycles. The summed E-state index contributed by atoms with van der Waals surface area (Å²) >= 11 is 5.76. The molecule has 1 aliphatic rings. The molecule has 0 aromatic carbocycles. The first-order valence-electron chi connectivity index (χ1n) is 4.96. The van der Waals surface area contributed by atoms with Crippen LogP contribution in [0.2, 0.25) is 5.02 Å². The maximum Gasteiger partial charge on any atom is 0.266 e. The summed E-state index contributed by atoms with van der Waals surface area (Å²) in [6.07, 6.45) is 2.69. The van der Waals surface area contributed by atoms with Crippen LogP contribution in [0.4, 0.5) is 0 Å². The monoisotopic (exact) mass is 228 g/mol. The third-order valence-electron chi connectivity index (χ3n) is 2.42. The van der Waals surface area contributed by atoms with Crippen molar-refractivity contribution in [1.82, 2.24) is 10.3 Å². The molecule has 1 unspecified atom stereocenters. The highest BCUT2D eigenvalue weighted by Gasteiger charge is 2.14. The van der Waals surface area contributed by atoms with Gasteiger partial charge >= 0.3 is 0 Å². The number of nitrogens with one attached hydrogen (secondary N) is 2. The molecule has 0 aliphatic carbocycles. The highest BCUT2D eigenvalue weighted by molar-refractivity contribution is 6.30. The van der Waals surface area contributed by atoms with Crippen LogP contribution in [-0.2, 0) is 4.74 Å². The molecule has 0 bridgehead atoms. The second kappa shape index (κ2) is 4.79. The van der Waals surface area contributed by atoms with Gasteiger partial charge in [-0.2, -0.15) is 0 Å². The molecule has 1 aromatic rings. The predicted molar refractivity (Wildman–Crippen MR) is 58.3 cm³/mol. The van der Waals surface area contributed by atoms with Crippen molar-refractivity contribution in [3.05, 3.63) is 33.2 Å².